The molecule has 1 aliphatic heterocycles. The number of halogens is 2. The molecule has 4 aromatic carbocycles. The van der Waals surface area contributed by atoms with Gasteiger partial charge in [-0.3, -0.25) is 4.98 Å². The molecule has 0 aliphatic carbocycles. The van der Waals surface area contributed by atoms with E-state index in [0.717, 1.165) is 76.2 Å². The lowest BCUT2D eigenvalue weighted by Gasteiger charge is -2.29. The zero-order valence-electron chi connectivity index (χ0n) is 31.1. The van der Waals surface area contributed by atoms with E-state index in [1.807, 2.05) is 66.7 Å². The van der Waals surface area contributed by atoms with Crippen LogP contribution in [-0.2, 0) is 26.2 Å². The van der Waals surface area contributed by atoms with Crippen LogP contribution in [0.3, 0.4) is 0 Å². The third kappa shape index (κ3) is 9.59. The number of benzene rings is 4. The number of aromatic amines is 1. The summed E-state index contributed by atoms with van der Waals surface area (Å²) in [5.74, 6) is 3.23. The minimum Gasteiger partial charge on any atom is -0.492 e. The Kier molecular flexibility index (Phi) is 12.5. The van der Waals surface area contributed by atoms with E-state index in [2.05, 4.69) is 51.3 Å². The molecule has 3 heterocycles. The molecule has 9 nitrogen and oxygen atoms in total. The molecule has 1 unspecified atom stereocenters. The van der Waals surface area contributed by atoms with Crippen molar-refractivity contribution in [1.82, 2.24) is 25.2 Å². The normalized spacial score (nSPS) is 14.5. The average Bonchev–Trinajstić information content (AvgIpc) is 3.62. The fraction of sp³-hybridized carbons (Fsp3) is 0.295. The maximum atomic E-state index is 9.37. The summed E-state index contributed by atoms with van der Waals surface area (Å²) in [7, 11) is 2.16. The van der Waals surface area contributed by atoms with Gasteiger partial charge in [-0.05, 0) is 80.4 Å². The van der Waals surface area contributed by atoms with Crippen molar-refractivity contribution in [3.05, 3.63) is 135 Å². The molecule has 1 aliphatic rings. The number of aromatic nitrogens is 3. The van der Waals surface area contributed by atoms with Crippen molar-refractivity contribution in [3.63, 3.8) is 0 Å². The highest BCUT2D eigenvalue weighted by molar-refractivity contribution is 6.35. The van der Waals surface area contributed by atoms with Crippen LogP contribution in [0.4, 0.5) is 0 Å². The van der Waals surface area contributed by atoms with Gasteiger partial charge in [-0.2, -0.15) is 5.26 Å². The summed E-state index contributed by atoms with van der Waals surface area (Å²) in [5.41, 5.74) is 8.08. The lowest BCUT2D eigenvalue weighted by molar-refractivity contribution is 0.150. The number of ether oxygens (including phenoxy) is 3. The summed E-state index contributed by atoms with van der Waals surface area (Å²) in [6.07, 6.45) is 6.30. The number of fused-ring (bicyclic) bond motifs is 1. The first-order chi connectivity index (χ1) is 26.8. The van der Waals surface area contributed by atoms with Gasteiger partial charge in [0.1, 0.15) is 42.4 Å². The molecule has 0 spiro atoms. The maximum Gasteiger partial charge on any atom is 0.142 e. The van der Waals surface area contributed by atoms with E-state index in [9.17, 15) is 5.26 Å². The Morgan fingerprint density at radius 2 is 1.75 bits per heavy atom. The van der Waals surface area contributed by atoms with E-state index in [1.54, 1.807) is 12.3 Å². The van der Waals surface area contributed by atoms with E-state index in [-0.39, 0.29) is 13.2 Å². The first kappa shape index (κ1) is 38.2. The van der Waals surface area contributed by atoms with Gasteiger partial charge in [0.2, 0.25) is 0 Å². The number of piperidine rings is 1. The average molecular weight is 776 g/mol. The molecule has 0 bridgehead atoms. The first-order valence-corrected chi connectivity index (χ1v) is 19.4. The van der Waals surface area contributed by atoms with E-state index >= 15 is 0 Å². The SMILES string of the molecule is Cc1c(COc2cc(OCc3cncc(C#N)c3)c(CNCCc3nc4ccccc4[nH]3)cc2Cl)cccc1-c1cccc(OCC2CCCN(C)C2)c1Cl. The second-order valence-corrected chi connectivity index (χ2v) is 14.9. The smallest absolute Gasteiger partial charge is 0.142 e. The van der Waals surface area contributed by atoms with Crippen LogP contribution >= 0.6 is 23.2 Å². The molecule has 1 fully saturated rings. The molecule has 1 atom stereocenters. The monoisotopic (exact) mass is 774 g/mol. The molecule has 2 aromatic heterocycles. The van der Waals surface area contributed by atoms with Crippen molar-refractivity contribution in [1.29, 1.82) is 5.26 Å². The van der Waals surface area contributed by atoms with Crippen LogP contribution < -0.4 is 19.5 Å². The summed E-state index contributed by atoms with van der Waals surface area (Å²) in [5, 5.41) is 13.9. The van der Waals surface area contributed by atoms with E-state index < -0.39 is 0 Å². The molecule has 6 aromatic rings. The van der Waals surface area contributed by atoms with Gasteiger partial charge >= 0.3 is 0 Å². The number of nitrogens with one attached hydrogen (secondary N) is 2. The predicted octanol–water partition coefficient (Wildman–Crippen LogP) is 9.32. The van der Waals surface area contributed by atoms with Crippen LogP contribution in [0.2, 0.25) is 10.0 Å². The van der Waals surface area contributed by atoms with Crippen molar-refractivity contribution in [2.24, 2.45) is 5.92 Å². The molecule has 1 saturated heterocycles. The Morgan fingerprint density at radius 3 is 2.60 bits per heavy atom. The number of nitrogens with zero attached hydrogens (tertiary/aromatic N) is 4. The van der Waals surface area contributed by atoms with Crippen molar-refractivity contribution in [2.75, 3.05) is 33.3 Å². The number of para-hydroxylation sites is 2. The van der Waals surface area contributed by atoms with Crippen molar-refractivity contribution in [2.45, 2.75) is 45.9 Å². The molecule has 282 valence electrons. The summed E-state index contributed by atoms with van der Waals surface area (Å²) < 4.78 is 19.0. The molecule has 2 N–H and O–H groups in total. The van der Waals surface area contributed by atoms with Gasteiger partial charge in [0.25, 0.3) is 0 Å². The van der Waals surface area contributed by atoms with E-state index in [1.165, 1.54) is 12.6 Å². The van der Waals surface area contributed by atoms with Crippen LogP contribution in [-0.4, -0.2) is 53.1 Å². The van der Waals surface area contributed by atoms with Crippen molar-refractivity contribution >= 4 is 34.2 Å². The number of nitriles is 1. The second kappa shape index (κ2) is 18.0. The number of rotatable bonds is 15. The molecule has 11 heteroatoms. The summed E-state index contributed by atoms with van der Waals surface area (Å²) >= 11 is 13.9. The standard InChI is InChI=1S/C44H44Cl2N6O3/c1-29-33(9-5-10-35(29)36-11-6-14-40(44(36)46)53-26-30-8-7-17-52(2)25-30)28-55-42-20-41(54-27-32-18-31(21-47)22-49-23-32)34(19-37(42)45)24-48-16-15-43-50-38-12-3-4-13-39(38)51-43/h3-6,9-14,18-20,22-23,30,48H,7-8,15-17,24-28H2,1-2H3,(H,50,51). The molecule has 55 heavy (non-hydrogen) atoms. The Morgan fingerprint density at radius 1 is 0.909 bits per heavy atom. The highest BCUT2D eigenvalue weighted by Gasteiger charge is 2.20. The quantitative estimate of drug-likeness (QED) is 0.0995. The van der Waals surface area contributed by atoms with Crippen LogP contribution in [0.1, 0.15) is 46.5 Å². The second-order valence-electron chi connectivity index (χ2n) is 14.1. The number of likely N-dealkylation sites (tertiary alicyclic amines) is 1. The Labute approximate surface area is 332 Å². The number of imidazole rings is 1. The van der Waals surface area contributed by atoms with Gasteiger partial charge in [-0.25, -0.2) is 4.98 Å². The highest BCUT2D eigenvalue weighted by Crippen LogP contribution is 2.39. The van der Waals surface area contributed by atoms with Gasteiger partial charge in [0, 0.05) is 67.1 Å². The molecule has 7 rings (SSSR count). The molecular formula is C44H44Cl2N6O3. The van der Waals surface area contributed by atoms with E-state index in [0.29, 0.717) is 58.5 Å². The number of hydrogen-bond acceptors (Lipinski definition) is 8. The summed E-state index contributed by atoms with van der Waals surface area (Å²) in [6.45, 7) is 6.60. The molecular weight excluding hydrogens is 731 g/mol. The largest absolute Gasteiger partial charge is 0.492 e. The summed E-state index contributed by atoms with van der Waals surface area (Å²) in [4.78, 5) is 14.6. The molecule has 0 saturated carbocycles. The zero-order valence-corrected chi connectivity index (χ0v) is 32.6. The number of pyridine rings is 1. The number of H-pyrrole nitrogens is 1. The van der Waals surface area contributed by atoms with E-state index in [4.69, 9.17) is 37.4 Å². The third-order valence-corrected chi connectivity index (χ3v) is 10.7. The lowest BCUT2D eigenvalue weighted by Crippen LogP contribution is -2.34. The molecule has 0 amide bonds. The Balaban J connectivity index is 1.05. The van der Waals surface area contributed by atoms with Gasteiger partial charge < -0.3 is 29.4 Å². The van der Waals surface area contributed by atoms with Crippen molar-refractivity contribution < 1.29 is 14.2 Å². The van der Waals surface area contributed by atoms with Gasteiger partial charge in [0.15, 0.2) is 0 Å². The van der Waals surface area contributed by atoms with Crippen molar-refractivity contribution in [3.8, 4) is 34.4 Å². The van der Waals surface area contributed by atoms with Crippen LogP contribution in [0.5, 0.6) is 17.2 Å². The predicted molar refractivity (Wildman–Crippen MR) is 218 cm³/mol. The zero-order chi connectivity index (χ0) is 38.1. The highest BCUT2D eigenvalue weighted by atomic mass is 35.5. The fourth-order valence-electron chi connectivity index (χ4n) is 7.04. The van der Waals surface area contributed by atoms with Gasteiger partial charge in [-0.15, -0.1) is 0 Å². The topological polar surface area (TPSA) is 108 Å². The molecule has 0 radical (unpaired) electrons. The Bertz CT molecular complexity index is 2270. The Hall–Kier alpha value is -5.11. The van der Waals surface area contributed by atoms with Crippen LogP contribution in [0, 0.1) is 24.2 Å². The number of hydrogen-bond donors (Lipinski definition) is 2. The van der Waals surface area contributed by atoms with Crippen LogP contribution in [0.25, 0.3) is 22.2 Å². The van der Waals surface area contributed by atoms with Gasteiger partial charge in [-0.1, -0.05) is 65.7 Å². The van der Waals surface area contributed by atoms with Crippen LogP contribution in [0.15, 0.2) is 91.3 Å². The minimum atomic E-state index is 0.220. The first-order valence-electron chi connectivity index (χ1n) is 18.6. The third-order valence-electron chi connectivity index (χ3n) is 10.0. The fourth-order valence-corrected chi connectivity index (χ4v) is 7.56. The summed E-state index contributed by atoms with van der Waals surface area (Å²) in [6, 6.07) is 27.7. The van der Waals surface area contributed by atoms with Gasteiger partial charge in [0.05, 0.1) is 33.2 Å². The minimum absolute atomic E-state index is 0.220. The maximum absolute atomic E-state index is 9.37. The lowest BCUT2D eigenvalue weighted by atomic mass is 9.96.